The second kappa shape index (κ2) is 4.77. The molecule has 0 amide bonds. The van der Waals surface area contributed by atoms with Crippen LogP contribution in [0.2, 0.25) is 0 Å². The summed E-state index contributed by atoms with van der Waals surface area (Å²) in [6.45, 7) is 0. The largest absolute Gasteiger partial charge is 0.507 e. The molecule has 22 heavy (non-hydrogen) atoms. The number of aromatic hydroxyl groups is 2. The molecule has 1 aliphatic rings. The van der Waals surface area contributed by atoms with Gasteiger partial charge >= 0.3 is 0 Å². The van der Waals surface area contributed by atoms with E-state index in [4.69, 9.17) is 9.47 Å². The van der Waals surface area contributed by atoms with Crippen LogP contribution >= 0.6 is 0 Å². The number of ketones is 2. The number of carbonyl (C=O) groups excluding carboxylic acids is 2. The Labute approximate surface area is 125 Å². The molecule has 0 atom stereocenters. The summed E-state index contributed by atoms with van der Waals surface area (Å²) >= 11 is 0. The highest BCUT2D eigenvalue weighted by molar-refractivity contribution is 6.32. The zero-order valence-corrected chi connectivity index (χ0v) is 11.8. The zero-order valence-electron chi connectivity index (χ0n) is 11.8. The van der Waals surface area contributed by atoms with Crippen LogP contribution in [0.15, 0.2) is 24.3 Å². The van der Waals surface area contributed by atoms with Gasteiger partial charge in [-0.2, -0.15) is 0 Å². The molecule has 6 heteroatoms. The van der Waals surface area contributed by atoms with Gasteiger partial charge in [-0.25, -0.2) is 0 Å². The highest BCUT2D eigenvalue weighted by Gasteiger charge is 2.38. The number of hydrogen-bond donors (Lipinski definition) is 2. The van der Waals surface area contributed by atoms with E-state index in [2.05, 4.69) is 0 Å². The molecule has 0 aromatic heterocycles. The molecule has 0 saturated heterocycles. The first-order chi connectivity index (χ1) is 10.5. The summed E-state index contributed by atoms with van der Waals surface area (Å²) in [6.07, 6.45) is 0. The smallest absolute Gasteiger partial charge is 0.202 e. The van der Waals surface area contributed by atoms with Crippen molar-refractivity contribution in [2.75, 3.05) is 14.2 Å². The summed E-state index contributed by atoms with van der Waals surface area (Å²) < 4.78 is 10.3. The van der Waals surface area contributed by atoms with E-state index in [1.807, 2.05) is 0 Å². The second-order valence-electron chi connectivity index (χ2n) is 4.73. The van der Waals surface area contributed by atoms with Crippen LogP contribution in [0.4, 0.5) is 0 Å². The SMILES string of the molecule is COc1ccc(OC)c2c1C(=O)c1c(O)ccc(O)c1C2=O. The Morgan fingerprint density at radius 3 is 1.36 bits per heavy atom. The van der Waals surface area contributed by atoms with Gasteiger partial charge in [0.2, 0.25) is 11.6 Å². The average molecular weight is 300 g/mol. The molecule has 2 N–H and O–H groups in total. The fraction of sp³-hybridized carbons (Fsp3) is 0.125. The first-order valence-corrected chi connectivity index (χ1v) is 6.40. The number of hydrogen-bond acceptors (Lipinski definition) is 6. The van der Waals surface area contributed by atoms with Crippen molar-refractivity contribution in [3.63, 3.8) is 0 Å². The normalized spacial score (nSPS) is 12.6. The molecule has 0 aliphatic heterocycles. The molecule has 112 valence electrons. The third-order valence-electron chi connectivity index (χ3n) is 3.64. The van der Waals surface area contributed by atoms with Gasteiger partial charge in [-0.15, -0.1) is 0 Å². The van der Waals surface area contributed by atoms with Crippen molar-refractivity contribution in [1.29, 1.82) is 0 Å². The quantitative estimate of drug-likeness (QED) is 0.702. The number of benzene rings is 2. The van der Waals surface area contributed by atoms with Crippen LogP contribution in [0.1, 0.15) is 31.8 Å². The zero-order chi connectivity index (χ0) is 16.0. The minimum Gasteiger partial charge on any atom is -0.507 e. The molecule has 2 aromatic rings. The molecule has 0 bridgehead atoms. The molecule has 0 spiro atoms. The van der Waals surface area contributed by atoms with E-state index < -0.39 is 11.6 Å². The van der Waals surface area contributed by atoms with Crippen molar-refractivity contribution in [1.82, 2.24) is 0 Å². The Morgan fingerprint density at radius 1 is 0.682 bits per heavy atom. The van der Waals surface area contributed by atoms with Gasteiger partial charge in [-0.1, -0.05) is 0 Å². The maximum atomic E-state index is 12.7. The van der Waals surface area contributed by atoms with E-state index in [0.717, 1.165) is 12.1 Å². The number of ether oxygens (including phenoxy) is 2. The second-order valence-corrected chi connectivity index (χ2v) is 4.73. The maximum Gasteiger partial charge on any atom is 0.202 e. The van der Waals surface area contributed by atoms with E-state index in [9.17, 15) is 19.8 Å². The molecule has 0 unspecified atom stereocenters. The monoisotopic (exact) mass is 300 g/mol. The third-order valence-corrected chi connectivity index (χ3v) is 3.64. The van der Waals surface area contributed by atoms with Crippen LogP contribution in [-0.2, 0) is 0 Å². The third kappa shape index (κ3) is 1.67. The van der Waals surface area contributed by atoms with E-state index in [1.165, 1.54) is 26.4 Å². The van der Waals surface area contributed by atoms with E-state index in [1.54, 1.807) is 0 Å². The predicted octanol–water partition coefficient (Wildman–Crippen LogP) is 1.89. The molecule has 6 nitrogen and oxygen atoms in total. The van der Waals surface area contributed by atoms with Crippen molar-refractivity contribution in [3.8, 4) is 23.0 Å². The fourth-order valence-corrected chi connectivity index (χ4v) is 2.65. The number of carbonyl (C=O) groups is 2. The van der Waals surface area contributed by atoms with Crippen LogP contribution in [0.5, 0.6) is 23.0 Å². The fourth-order valence-electron chi connectivity index (χ4n) is 2.65. The summed E-state index contributed by atoms with van der Waals surface area (Å²) in [4.78, 5) is 25.4. The van der Waals surface area contributed by atoms with Crippen molar-refractivity contribution >= 4 is 11.6 Å². The molecular formula is C16H12O6. The maximum absolute atomic E-state index is 12.7. The lowest BCUT2D eigenvalue weighted by atomic mass is 9.82. The minimum absolute atomic E-state index is 0.0141. The van der Waals surface area contributed by atoms with Gasteiger partial charge in [0.1, 0.15) is 23.0 Å². The lowest BCUT2D eigenvalue weighted by molar-refractivity contribution is 0.0969. The summed E-state index contributed by atoms with van der Waals surface area (Å²) in [6, 6.07) is 5.34. The molecule has 1 aliphatic carbocycles. The van der Waals surface area contributed by atoms with Crippen LogP contribution in [0.25, 0.3) is 0 Å². The Balaban J connectivity index is 2.43. The molecular weight excluding hydrogens is 288 g/mol. The predicted molar refractivity (Wildman–Crippen MR) is 76.2 cm³/mol. The number of phenolic OH excluding ortho intramolecular Hbond substituents is 2. The lowest BCUT2D eigenvalue weighted by Gasteiger charge is -2.22. The first kappa shape index (κ1) is 13.9. The van der Waals surface area contributed by atoms with E-state index in [0.29, 0.717) is 0 Å². The van der Waals surface area contributed by atoms with E-state index >= 15 is 0 Å². The van der Waals surface area contributed by atoms with Crippen LogP contribution in [-0.4, -0.2) is 36.0 Å². The molecule has 2 aromatic carbocycles. The van der Waals surface area contributed by atoms with Crippen LogP contribution in [0.3, 0.4) is 0 Å². The number of phenols is 2. The molecule has 0 heterocycles. The summed E-state index contributed by atoms with van der Waals surface area (Å²) in [5, 5.41) is 19.9. The standard InChI is InChI=1S/C16H12O6/c1-21-9-5-6-10(22-2)14-13(9)15(19)11-7(17)3-4-8(18)12(11)16(14)20/h3-6,17-18H,1-2H3. The Bertz CT molecular complexity index is 754. The molecule has 0 saturated carbocycles. The molecule has 0 radical (unpaired) electrons. The van der Waals surface area contributed by atoms with Gasteiger partial charge in [0, 0.05) is 0 Å². The Hall–Kier alpha value is -3.02. The van der Waals surface area contributed by atoms with Crippen molar-refractivity contribution < 1.29 is 29.3 Å². The van der Waals surface area contributed by atoms with Crippen LogP contribution in [0, 0.1) is 0 Å². The number of rotatable bonds is 2. The van der Waals surface area contributed by atoms with E-state index in [-0.39, 0.29) is 45.3 Å². The number of methoxy groups -OCH3 is 2. The van der Waals surface area contributed by atoms with Gasteiger partial charge in [0.05, 0.1) is 36.5 Å². The Kier molecular flexibility index (Phi) is 3.02. The molecule has 0 fully saturated rings. The van der Waals surface area contributed by atoms with Gasteiger partial charge in [-0.3, -0.25) is 9.59 Å². The number of fused-ring (bicyclic) bond motifs is 2. The highest BCUT2D eigenvalue weighted by Crippen LogP contribution is 2.43. The molecule has 3 rings (SSSR count). The highest BCUT2D eigenvalue weighted by atomic mass is 16.5. The van der Waals surface area contributed by atoms with Crippen molar-refractivity contribution in [2.45, 2.75) is 0 Å². The Morgan fingerprint density at radius 2 is 1.05 bits per heavy atom. The van der Waals surface area contributed by atoms with Gasteiger partial charge in [-0.05, 0) is 24.3 Å². The summed E-state index contributed by atoms with van der Waals surface area (Å²) in [5.74, 6) is -1.56. The topological polar surface area (TPSA) is 93.1 Å². The minimum atomic E-state index is -0.603. The van der Waals surface area contributed by atoms with Gasteiger partial charge in [0.15, 0.2) is 0 Å². The van der Waals surface area contributed by atoms with Gasteiger partial charge in [0.25, 0.3) is 0 Å². The average Bonchev–Trinajstić information content (AvgIpc) is 2.53. The van der Waals surface area contributed by atoms with Crippen molar-refractivity contribution in [3.05, 3.63) is 46.5 Å². The summed E-state index contributed by atoms with van der Waals surface area (Å²) in [5.41, 5.74) is -0.436. The van der Waals surface area contributed by atoms with Crippen molar-refractivity contribution in [2.24, 2.45) is 0 Å². The van der Waals surface area contributed by atoms with Crippen LogP contribution < -0.4 is 9.47 Å². The first-order valence-electron chi connectivity index (χ1n) is 6.40. The summed E-state index contributed by atoms with van der Waals surface area (Å²) in [7, 11) is 2.75. The lowest BCUT2D eigenvalue weighted by Crippen LogP contribution is -2.23. The van der Waals surface area contributed by atoms with Gasteiger partial charge < -0.3 is 19.7 Å².